The molecule has 0 bridgehead atoms. The molecule has 0 saturated carbocycles. The molecule has 3 aromatic carbocycles. The first kappa shape index (κ1) is 19.5. The highest BCUT2D eigenvalue weighted by molar-refractivity contribution is 5.71. The Bertz CT molecular complexity index is 688. The van der Waals surface area contributed by atoms with Crippen LogP contribution in [-0.4, -0.2) is 5.11 Å². The van der Waals surface area contributed by atoms with E-state index in [0.29, 0.717) is 5.75 Å². The Hall–Kier alpha value is -2.54. The van der Waals surface area contributed by atoms with Crippen molar-refractivity contribution in [3.63, 3.8) is 0 Å². The average molecular weight is 320 g/mol. The number of hydrogen-bond donors (Lipinski definition) is 1. The number of phenolic OH excluding ortho intramolecular Hbond substituents is 1. The Labute approximate surface area is 146 Å². The van der Waals surface area contributed by atoms with Crippen LogP contribution >= 0.6 is 0 Å². The Morgan fingerprint density at radius 3 is 1.75 bits per heavy atom. The third-order valence-corrected chi connectivity index (χ3v) is 3.44. The lowest BCUT2D eigenvalue weighted by atomic mass is 9.97. The Morgan fingerprint density at radius 1 is 0.625 bits per heavy atom. The van der Waals surface area contributed by atoms with Crippen LogP contribution in [0, 0.1) is 0 Å². The van der Waals surface area contributed by atoms with Crippen LogP contribution in [-0.2, 0) is 6.42 Å². The topological polar surface area (TPSA) is 20.2 Å². The van der Waals surface area contributed by atoms with Gasteiger partial charge in [0.05, 0.1) is 0 Å². The second-order valence-electron chi connectivity index (χ2n) is 4.84. The van der Waals surface area contributed by atoms with Gasteiger partial charge in [-0.2, -0.15) is 0 Å². The van der Waals surface area contributed by atoms with Gasteiger partial charge in [0, 0.05) is 12.0 Å². The minimum absolute atomic E-state index is 0.377. The van der Waals surface area contributed by atoms with E-state index in [1.54, 1.807) is 0 Å². The van der Waals surface area contributed by atoms with E-state index in [2.05, 4.69) is 12.1 Å². The van der Waals surface area contributed by atoms with Crippen molar-refractivity contribution in [1.29, 1.82) is 0 Å². The van der Waals surface area contributed by atoms with Crippen LogP contribution in [0.2, 0.25) is 0 Å². The van der Waals surface area contributed by atoms with E-state index >= 15 is 0 Å². The van der Waals surface area contributed by atoms with Gasteiger partial charge in [0.25, 0.3) is 0 Å². The number of rotatable bonds is 3. The molecular weight excluding hydrogens is 292 g/mol. The highest BCUT2D eigenvalue weighted by Crippen LogP contribution is 2.33. The second kappa shape index (κ2) is 11.1. The zero-order valence-corrected chi connectivity index (χ0v) is 15.2. The molecule has 0 aliphatic heterocycles. The predicted octanol–water partition coefficient (Wildman–Crippen LogP) is 6.70. The fraction of sp³-hybridized carbons (Fsp3) is 0.217. The summed E-state index contributed by atoms with van der Waals surface area (Å²) in [7, 11) is 0. The van der Waals surface area contributed by atoms with Crippen LogP contribution in [0.15, 0.2) is 78.9 Å². The molecule has 0 aromatic heterocycles. The normalized spacial score (nSPS) is 9.17. The third-order valence-electron chi connectivity index (χ3n) is 3.44. The minimum atomic E-state index is 0.377. The first-order chi connectivity index (χ1) is 11.8. The van der Waals surface area contributed by atoms with Gasteiger partial charge in [0.1, 0.15) is 5.75 Å². The number of phenols is 1. The Kier molecular flexibility index (Phi) is 8.99. The third kappa shape index (κ3) is 5.27. The van der Waals surface area contributed by atoms with Crippen LogP contribution in [0.3, 0.4) is 0 Å². The van der Waals surface area contributed by atoms with Crippen molar-refractivity contribution in [2.45, 2.75) is 34.1 Å². The summed E-state index contributed by atoms with van der Waals surface area (Å²) in [6.07, 6.45) is 0.743. The van der Waals surface area contributed by atoms with Crippen molar-refractivity contribution in [3.8, 4) is 16.9 Å². The van der Waals surface area contributed by atoms with Gasteiger partial charge in [-0.1, -0.05) is 107 Å². The molecule has 0 radical (unpaired) electrons. The maximum atomic E-state index is 10.5. The van der Waals surface area contributed by atoms with E-state index in [0.717, 1.165) is 23.1 Å². The van der Waals surface area contributed by atoms with Gasteiger partial charge in [-0.25, -0.2) is 0 Å². The van der Waals surface area contributed by atoms with Crippen molar-refractivity contribution in [2.24, 2.45) is 0 Å². The van der Waals surface area contributed by atoms with Crippen molar-refractivity contribution < 1.29 is 5.11 Å². The first-order valence-electron chi connectivity index (χ1n) is 8.75. The molecule has 0 fully saturated rings. The predicted molar refractivity (Wildman–Crippen MR) is 105 cm³/mol. The molecule has 0 saturated heterocycles. The highest BCUT2D eigenvalue weighted by Gasteiger charge is 2.08. The van der Waals surface area contributed by atoms with Gasteiger partial charge >= 0.3 is 0 Å². The molecule has 0 heterocycles. The summed E-state index contributed by atoms with van der Waals surface area (Å²) in [5, 5.41) is 10.5. The highest BCUT2D eigenvalue weighted by atomic mass is 16.3. The zero-order chi connectivity index (χ0) is 17.8. The minimum Gasteiger partial charge on any atom is -0.507 e. The van der Waals surface area contributed by atoms with Crippen LogP contribution in [0.25, 0.3) is 11.1 Å². The Morgan fingerprint density at radius 2 is 1.17 bits per heavy atom. The largest absolute Gasteiger partial charge is 0.507 e. The lowest BCUT2D eigenvalue weighted by Gasteiger charge is -2.10. The van der Waals surface area contributed by atoms with Gasteiger partial charge in [-0.15, -0.1) is 0 Å². The summed E-state index contributed by atoms with van der Waals surface area (Å²) in [4.78, 5) is 0. The molecule has 1 N–H and O–H groups in total. The van der Waals surface area contributed by atoms with Crippen molar-refractivity contribution >= 4 is 0 Å². The number of para-hydroxylation sites is 1. The quantitative estimate of drug-likeness (QED) is 0.569. The van der Waals surface area contributed by atoms with E-state index in [4.69, 9.17) is 0 Å². The maximum Gasteiger partial charge on any atom is 0.126 e. The number of aromatic hydroxyl groups is 1. The lowest BCUT2D eigenvalue weighted by molar-refractivity contribution is 0.471. The maximum absolute atomic E-state index is 10.5. The molecular formula is C23H28O. The van der Waals surface area contributed by atoms with Gasteiger partial charge < -0.3 is 5.11 Å². The molecule has 3 aromatic rings. The molecule has 0 atom stereocenters. The average Bonchev–Trinajstić information content (AvgIpc) is 2.68. The van der Waals surface area contributed by atoms with Crippen molar-refractivity contribution in [3.05, 3.63) is 90.0 Å². The number of benzene rings is 3. The van der Waals surface area contributed by atoms with E-state index in [1.807, 2.05) is 94.4 Å². The smallest absolute Gasteiger partial charge is 0.126 e. The van der Waals surface area contributed by atoms with E-state index < -0.39 is 0 Å². The fourth-order valence-electron chi connectivity index (χ4n) is 2.40. The summed E-state index contributed by atoms with van der Waals surface area (Å²) < 4.78 is 0. The van der Waals surface area contributed by atoms with E-state index in [-0.39, 0.29) is 0 Å². The van der Waals surface area contributed by atoms with Crippen LogP contribution in [0.1, 0.15) is 38.8 Å². The van der Waals surface area contributed by atoms with Gasteiger partial charge in [0.15, 0.2) is 0 Å². The van der Waals surface area contributed by atoms with Crippen molar-refractivity contribution in [2.75, 3.05) is 0 Å². The monoisotopic (exact) mass is 320 g/mol. The summed E-state index contributed by atoms with van der Waals surface area (Å²) in [6.45, 7) is 8.00. The number of hydrogen-bond acceptors (Lipinski definition) is 1. The van der Waals surface area contributed by atoms with E-state index in [9.17, 15) is 5.11 Å². The van der Waals surface area contributed by atoms with Crippen LogP contribution in [0.5, 0.6) is 5.75 Å². The molecule has 1 heteroatoms. The summed E-state index contributed by atoms with van der Waals surface area (Å²) in [5.41, 5.74) is 4.09. The summed E-state index contributed by atoms with van der Waals surface area (Å²) in [5.74, 6) is 0.377. The van der Waals surface area contributed by atoms with E-state index in [1.165, 1.54) is 5.56 Å². The van der Waals surface area contributed by atoms with Crippen LogP contribution in [0.4, 0.5) is 0 Å². The molecule has 24 heavy (non-hydrogen) atoms. The summed E-state index contributed by atoms with van der Waals surface area (Å²) in [6, 6.07) is 26.1. The molecule has 0 aliphatic carbocycles. The fourth-order valence-corrected chi connectivity index (χ4v) is 2.40. The molecule has 126 valence electrons. The molecule has 3 rings (SSSR count). The SMILES string of the molecule is CC.CC.Oc1c(Cc2ccccc2)cccc1-c1ccccc1. The standard InChI is InChI=1S/C19H16O.2C2H6/c20-19-17(14-15-8-3-1-4-9-15)12-7-13-18(19)16-10-5-2-6-11-16;2*1-2/h1-13,20H,14H2;2*1-2H3. The van der Waals surface area contributed by atoms with Crippen LogP contribution < -0.4 is 0 Å². The first-order valence-corrected chi connectivity index (χ1v) is 8.75. The molecule has 0 spiro atoms. The molecule has 0 aliphatic rings. The van der Waals surface area contributed by atoms with Gasteiger partial charge in [-0.05, 0) is 16.7 Å². The molecule has 0 unspecified atom stereocenters. The molecule has 0 amide bonds. The van der Waals surface area contributed by atoms with Crippen molar-refractivity contribution in [1.82, 2.24) is 0 Å². The molecule has 1 nitrogen and oxygen atoms in total. The lowest BCUT2D eigenvalue weighted by Crippen LogP contribution is -1.90. The zero-order valence-electron chi connectivity index (χ0n) is 15.2. The van der Waals surface area contributed by atoms with Gasteiger partial charge in [-0.3, -0.25) is 0 Å². The second-order valence-corrected chi connectivity index (χ2v) is 4.84. The summed E-state index contributed by atoms with van der Waals surface area (Å²) >= 11 is 0. The van der Waals surface area contributed by atoms with Gasteiger partial charge in [0.2, 0.25) is 0 Å². The Balaban J connectivity index is 0.000000671.